The second kappa shape index (κ2) is 5.15. The van der Waals surface area contributed by atoms with Gasteiger partial charge in [0.25, 0.3) is 0 Å². The number of rotatable bonds is 2. The van der Waals surface area contributed by atoms with E-state index in [-0.39, 0.29) is 0 Å². The van der Waals surface area contributed by atoms with E-state index >= 15 is 0 Å². The number of benzene rings is 1. The van der Waals surface area contributed by atoms with Gasteiger partial charge in [0, 0.05) is 16.5 Å². The summed E-state index contributed by atoms with van der Waals surface area (Å²) in [4.78, 5) is 4.44. The fraction of sp³-hybridized carbons (Fsp3) is 0.400. The molecule has 2 aromatic rings. The summed E-state index contributed by atoms with van der Waals surface area (Å²) in [6, 6.07) is 7.68. The number of hydrogen-bond donors (Lipinski definition) is 0. The van der Waals surface area contributed by atoms with Gasteiger partial charge in [-0.3, -0.25) is 0 Å². The molecule has 0 atom stereocenters. The van der Waals surface area contributed by atoms with E-state index in [9.17, 15) is 0 Å². The van der Waals surface area contributed by atoms with Crippen molar-refractivity contribution in [3.8, 4) is 11.3 Å². The molecule has 0 saturated heterocycles. The third kappa shape index (κ3) is 2.44. The van der Waals surface area contributed by atoms with Crippen molar-refractivity contribution in [3.05, 3.63) is 41.4 Å². The van der Waals surface area contributed by atoms with Crippen LogP contribution in [0.2, 0.25) is 5.02 Å². The molecule has 0 bridgehead atoms. The van der Waals surface area contributed by atoms with E-state index in [2.05, 4.69) is 4.98 Å². The van der Waals surface area contributed by atoms with Gasteiger partial charge in [-0.1, -0.05) is 30.9 Å². The highest BCUT2D eigenvalue weighted by Gasteiger charge is 2.20. The van der Waals surface area contributed by atoms with Crippen LogP contribution in [0, 0.1) is 0 Å². The van der Waals surface area contributed by atoms with E-state index in [0.717, 1.165) is 22.2 Å². The summed E-state index contributed by atoms with van der Waals surface area (Å²) < 4.78 is 5.89. The molecule has 0 amide bonds. The Morgan fingerprint density at radius 2 is 1.78 bits per heavy atom. The molecule has 94 valence electrons. The van der Waals surface area contributed by atoms with E-state index in [1.807, 2.05) is 30.5 Å². The van der Waals surface area contributed by atoms with Crippen LogP contribution in [0.5, 0.6) is 0 Å². The lowest BCUT2D eigenvalue weighted by molar-refractivity contribution is 0.367. The Labute approximate surface area is 112 Å². The van der Waals surface area contributed by atoms with Crippen LogP contribution in [-0.4, -0.2) is 4.98 Å². The van der Waals surface area contributed by atoms with Crippen LogP contribution in [0.25, 0.3) is 11.3 Å². The van der Waals surface area contributed by atoms with Gasteiger partial charge in [0.1, 0.15) is 0 Å². The lowest BCUT2D eigenvalue weighted by atomic mass is 9.89. The Morgan fingerprint density at radius 3 is 2.50 bits per heavy atom. The van der Waals surface area contributed by atoms with Gasteiger partial charge in [0.05, 0.1) is 6.20 Å². The van der Waals surface area contributed by atoms with Crippen molar-refractivity contribution >= 4 is 11.6 Å². The van der Waals surface area contributed by atoms with Gasteiger partial charge in [-0.05, 0) is 37.1 Å². The highest BCUT2D eigenvalue weighted by atomic mass is 35.5. The Morgan fingerprint density at radius 1 is 1.06 bits per heavy atom. The van der Waals surface area contributed by atoms with E-state index < -0.39 is 0 Å². The van der Waals surface area contributed by atoms with Crippen molar-refractivity contribution < 1.29 is 4.42 Å². The number of oxazole rings is 1. The number of aromatic nitrogens is 1. The van der Waals surface area contributed by atoms with Crippen LogP contribution in [-0.2, 0) is 0 Å². The average molecular weight is 262 g/mol. The van der Waals surface area contributed by atoms with Gasteiger partial charge in [0.15, 0.2) is 11.7 Å². The van der Waals surface area contributed by atoms with Gasteiger partial charge in [-0.15, -0.1) is 0 Å². The molecule has 0 radical (unpaired) electrons. The maximum absolute atomic E-state index is 5.89. The summed E-state index contributed by atoms with van der Waals surface area (Å²) in [7, 11) is 0. The van der Waals surface area contributed by atoms with Crippen LogP contribution >= 0.6 is 11.6 Å². The first-order valence-corrected chi connectivity index (χ1v) is 6.92. The van der Waals surface area contributed by atoms with Crippen molar-refractivity contribution in [2.75, 3.05) is 0 Å². The molecule has 3 heteroatoms. The summed E-state index contributed by atoms with van der Waals surface area (Å²) in [6.07, 6.45) is 8.18. The minimum atomic E-state index is 0.514. The summed E-state index contributed by atoms with van der Waals surface area (Å²) in [5.74, 6) is 2.26. The quantitative estimate of drug-likeness (QED) is 0.757. The van der Waals surface area contributed by atoms with Crippen molar-refractivity contribution in [2.45, 2.75) is 38.0 Å². The molecule has 0 N–H and O–H groups in total. The SMILES string of the molecule is Clc1ccc(-c2cnc(C3CCCCC3)o2)cc1. The number of halogens is 1. The van der Waals surface area contributed by atoms with Gasteiger partial charge in [-0.25, -0.2) is 4.98 Å². The fourth-order valence-electron chi connectivity index (χ4n) is 2.57. The summed E-state index contributed by atoms with van der Waals surface area (Å²) >= 11 is 5.88. The predicted molar refractivity (Wildman–Crippen MR) is 72.8 cm³/mol. The molecule has 3 rings (SSSR count). The van der Waals surface area contributed by atoms with E-state index in [1.165, 1.54) is 32.1 Å². The van der Waals surface area contributed by atoms with Gasteiger partial charge in [-0.2, -0.15) is 0 Å². The standard InChI is InChI=1S/C15H16ClNO/c16-13-8-6-11(7-9-13)14-10-17-15(18-14)12-4-2-1-3-5-12/h6-10,12H,1-5H2. The number of hydrogen-bond acceptors (Lipinski definition) is 2. The third-order valence-corrected chi connectivity index (χ3v) is 3.86. The zero-order chi connectivity index (χ0) is 12.4. The molecule has 1 aromatic heterocycles. The molecular weight excluding hydrogens is 246 g/mol. The van der Waals surface area contributed by atoms with Crippen LogP contribution in [0.4, 0.5) is 0 Å². The molecule has 1 fully saturated rings. The Hall–Kier alpha value is -1.28. The van der Waals surface area contributed by atoms with Gasteiger partial charge < -0.3 is 4.42 Å². The molecule has 1 saturated carbocycles. The summed E-state index contributed by atoms with van der Waals surface area (Å²) in [5.41, 5.74) is 1.04. The minimum absolute atomic E-state index is 0.514. The van der Waals surface area contributed by atoms with Gasteiger partial charge >= 0.3 is 0 Å². The molecule has 1 aromatic carbocycles. The monoisotopic (exact) mass is 261 g/mol. The van der Waals surface area contributed by atoms with Crippen molar-refractivity contribution in [1.29, 1.82) is 0 Å². The molecule has 2 nitrogen and oxygen atoms in total. The van der Waals surface area contributed by atoms with Crippen LogP contribution in [0.15, 0.2) is 34.9 Å². The molecule has 18 heavy (non-hydrogen) atoms. The smallest absolute Gasteiger partial charge is 0.198 e. The fourth-order valence-corrected chi connectivity index (χ4v) is 2.70. The molecular formula is C15H16ClNO. The highest BCUT2D eigenvalue weighted by Crippen LogP contribution is 2.34. The lowest BCUT2D eigenvalue weighted by Gasteiger charge is -2.17. The maximum Gasteiger partial charge on any atom is 0.198 e. The van der Waals surface area contributed by atoms with E-state index in [0.29, 0.717) is 5.92 Å². The molecule has 1 heterocycles. The Bertz CT molecular complexity index is 512. The topological polar surface area (TPSA) is 26.0 Å². The van der Waals surface area contributed by atoms with Crippen LogP contribution in [0.3, 0.4) is 0 Å². The normalized spacial score (nSPS) is 16.9. The Balaban J connectivity index is 1.82. The summed E-state index contributed by atoms with van der Waals surface area (Å²) in [5, 5.41) is 0.741. The van der Waals surface area contributed by atoms with Crippen molar-refractivity contribution in [2.24, 2.45) is 0 Å². The first kappa shape index (κ1) is 11.8. The van der Waals surface area contributed by atoms with E-state index in [4.69, 9.17) is 16.0 Å². The molecule has 1 aliphatic carbocycles. The zero-order valence-corrected chi connectivity index (χ0v) is 11.0. The second-order valence-electron chi connectivity index (χ2n) is 4.90. The highest BCUT2D eigenvalue weighted by molar-refractivity contribution is 6.30. The van der Waals surface area contributed by atoms with Crippen LogP contribution in [0.1, 0.15) is 43.9 Å². The molecule has 0 spiro atoms. The number of nitrogens with zero attached hydrogens (tertiary/aromatic N) is 1. The first-order valence-electron chi connectivity index (χ1n) is 6.54. The van der Waals surface area contributed by atoms with Crippen molar-refractivity contribution in [3.63, 3.8) is 0 Å². The van der Waals surface area contributed by atoms with Gasteiger partial charge in [0.2, 0.25) is 0 Å². The molecule has 0 unspecified atom stereocenters. The van der Waals surface area contributed by atoms with E-state index in [1.54, 1.807) is 0 Å². The zero-order valence-electron chi connectivity index (χ0n) is 10.2. The van der Waals surface area contributed by atoms with Crippen LogP contribution < -0.4 is 0 Å². The summed E-state index contributed by atoms with van der Waals surface area (Å²) in [6.45, 7) is 0. The average Bonchev–Trinajstić information content (AvgIpc) is 2.90. The first-order chi connectivity index (χ1) is 8.83. The predicted octanol–water partition coefficient (Wildman–Crippen LogP) is 5.04. The Kier molecular flexibility index (Phi) is 3.37. The molecule has 1 aliphatic rings. The van der Waals surface area contributed by atoms with Crippen molar-refractivity contribution in [1.82, 2.24) is 4.98 Å². The minimum Gasteiger partial charge on any atom is -0.440 e. The second-order valence-corrected chi connectivity index (χ2v) is 5.34. The lowest BCUT2D eigenvalue weighted by Crippen LogP contribution is -2.04. The molecule has 0 aliphatic heterocycles. The maximum atomic E-state index is 5.89. The largest absolute Gasteiger partial charge is 0.440 e. The third-order valence-electron chi connectivity index (χ3n) is 3.61.